The molecule has 2 rings (SSSR count). The zero-order valence-corrected chi connectivity index (χ0v) is 11.5. The van der Waals surface area contributed by atoms with Gasteiger partial charge in [0.2, 0.25) is 0 Å². The van der Waals surface area contributed by atoms with Crippen molar-refractivity contribution in [1.82, 2.24) is 0 Å². The van der Waals surface area contributed by atoms with Crippen LogP contribution < -0.4 is 4.90 Å². The maximum atomic E-state index is 11.0. The third-order valence-corrected chi connectivity index (χ3v) is 3.21. The van der Waals surface area contributed by atoms with Crippen LogP contribution in [0.3, 0.4) is 0 Å². The molecule has 0 heterocycles. The third kappa shape index (κ3) is 3.68. The summed E-state index contributed by atoms with van der Waals surface area (Å²) in [5, 5.41) is 0. The fraction of sp³-hybridized carbons (Fsp3) is 0.235. The van der Waals surface area contributed by atoms with Gasteiger partial charge in [-0.1, -0.05) is 42.5 Å². The van der Waals surface area contributed by atoms with Crippen molar-refractivity contribution in [2.24, 2.45) is 0 Å². The molecule has 0 amide bonds. The molecular weight excluding hydrogens is 234 g/mol. The van der Waals surface area contributed by atoms with Gasteiger partial charge in [0.25, 0.3) is 0 Å². The zero-order chi connectivity index (χ0) is 13.7. The average molecular weight is 253 g/mol. The van der Waals surface area contributed by atoms with Crippen LogP contribution in [0.1, 0.15) is 13.3 Å². The van der Waals surface area contributed by atoms with Gasteiger partial charge in [-0.2, -0.15) is 0 Å². The molecule has 19 heavy (non-hydrogen) atoms. The Bertz CT molecular complexity index is 531. The number of anilines is 1. The van der Waals surface area contributed by atoms with Gasteiger partial charge in [-0.25, -0.2) is 0 Å². The van der Waals surface area contributed by atoms with Crippen molar-refractivity contribution in [3.05, 3.63) is 54.6 Å². The molecule has 98 valence electrons. The van der Waals surface area contributed by atoms with E-state index in [-0.39, 0.29) is 5.78 Å². The predicted molar refractivity (Wildman–Crippen MR) is 80.4 cm³/mol. The van der Waals surface area contributed by atoms with Gasteiger partial charge >= 0.3 is 0 Å². The van der Waals surface area contributed by atoms with E-state index in [1.165, 1.54) is 11.1 Å². The summed E-state index contributed by atoms with van der Waals surface area (Å²) in [6, 6.07) is 18.8. The van der Waals surface area contributed by atoms with E-state index in [2.05, 4.69) is 41.3 Å². The molecule has 0 atom stereocenters. The van der Waals surface area contributed by atoms with Gasteiger partial charge in [0.05, 0.1) is 0 Å². The minimum atomic E-state index is 0.229. The topological polar surface area (TPSA) is 20.3 Å². The van der Waals surface area contributed by atoms with Crippen molar-refractivity contribution in [3.63, 3.8) is 0 Å². The van der Waals surface area contributed by atoms with Crippen molar-refractivity contribution in [2.45, 2.75) is 13.3 Å². The van der Waals surface area contributed by atoms with Gasteiger partial charge in [0.15, 0.2) is 0 Å². The summed E-state index contributed by atoms with van der Waals surface area (Å²) in [6.45, 7) is 2.40. The molecule has 2 nitrogen and oxygen atoms in total. The normalized spacial score (nSPS) is 10.2. The first-order chi connectivity index (χ1) is 9.16. The molecule has 0 spiro atoms. The quantitative estimate of drug-likeness (QED) is 0.808. The van der Waals surface area contributed by atoms with Gasteiger partial charge < -0.3 is 4.90 Å². The number of carbonyl (C=O) groups excluding carboxylic acids is 1. The van der Waals surface area contributed by atoms with Crippen LogP contribution in [0.5, 0.6) is 0 Å². The lowest BCUT2D eigenvalue weighted by atomic mass is 10.1. The lowest BCUT2D eigenvalue weighted by Gasteiger charge is -2.18. The van der Waals surface area contributed by atoms with E-state index in [1.54, 1.807) is 6.92 Å². The van der Waals surface area contributed by atoms with Crippen LogP contribution >= 0.6 is 0 Å². The Morgan fingerprint density at radius 2 is 1.53 bits per heavy atom. The standard InChI is InChI=1S/C17H19NO/c1-14(19)12-13-18(2)17-10-8-16(9-11-17)15-6-4-3-5-7-15/h3-11H,12-13H2,1-2H3. The van der Waals surface area contributed by atoms with Gasteiger partial charge in [0.1, 0.15) is 5.78 Å². The molecule has 0 aromatic heterocycles. The molecule has 0 aliphatic heterocycles. The minimum absolute atomic E-state index is 0.229. The molecule has 0 saturated heterocycles. The van der Waals surface area contributed by atoms with Crippen molar-refractivity contribution in [1.29, 1.82) is 0 Å². The molecular formula is C17H19NO. The van der Waals surface area contributed by atoms with E-state index >= 15 is 0 Å². The Labute approximate surface area is 114 Å². The highest BCUT2D eigenvalue weighted by Gasteiger charge is 2.03. The van der Waals surface area contributed by atoms with Crippen LogP contribution in [0.2, 0.25) is 0 Å². The molecule has 0 aliphatic rings. The molecule has 0 unspecified atom stereocenters. The smallest absolute Gasteiger partial charge is 0.131 e. The summed E-state index contributed by atoms with van der Waals surface area (Å²) < 4.78 is 0. The van der Waals surface area contributed by atoms with Crippen molar-refractivity contribution >= 4 is 11.5 Å². The third-order valence-electron chi connectivity index (χ3n) is 3.21. The first kappa shape index (κ1) is 13.3. The van der Waals surface area contributed by atoms with Gasteiger partial charge in [-0.3, -0.25) is 4.79 Å². The van der Waals surface area contributed by atoms with Crippen LogP contribution in [-0.4, -0.2) is 19.4 Å². The Hall–Kier alpha value is -2.09. The van der Waals surface area contributed by atoms with E-state index in [4.69, 9.17) is 0 Å². The first-order valence-electron chi connectivity index (χ1n) is 6.53. The highest BCUT2D eigenvalue weighted by atomic mass is 16.1. The first-order valence-corrected chi connectivity index (χ1v) is 6.53. The van der Waals surface area contributed by atoms with Crippen LogP contribution in [0.25, 0.3) is 11.1 Å². The number of hydrogen-bond donors (Lipinski definition) is 0. The number of carbonyl (C=O) groups is 1. The lowest BCUT2D eigenvalue weighted by molar-refractivity contribution is -0.116. The minimum Gasteiger partial charge on any atom is -0.374 e. The Kier molecular flexibility index (Phi) is 4.35. The number of Topliss-reactive ketones (excluding diaryl/α,β-unsaturated/α-hetero) is 1. The molecule has 2 heteroatoms. The molecule has 0 bridgehead atoms. The summed E-state index contributed by atoms with van der Waals surface area (Å²) >= 11 is 0. The van der Waals surface area contributed by atoms with E-state index in [0.29, 0.717) is 6.42 Å². The van der Waals surface area contributed by atoms with E-state index < -0.39 is 0 Å². The van der Waals surface area contributed by atoms with Gasteiger partial charge in [-0.15, -0.1) is 0 Å². The average Bonchev–Trinajstić information content (AvgIpc) is 2.46. The van der Waals surface area contributed by atoms with Crippen molar-refractivity contribution in [3.8, 4) is 11.1 Å². The Balaban J connectivity index is 2.08. The second kappa shape index (κ2) is 6.19. The van der Waals surface area contributed by atoms with Crippen LogP contribution in [0.4, 0.5) is 5.69 Å². The van der Waals surface area contributed by atoms with Crippen molar-refractivity contribution < 1.29 is 4.79 Å². The summed E-state index contributed by atoms with van der Waals surface area (Å²) in [4.78, 5) is 13.1. The van der Waals surface area contributed by atoms with E-state index in [1.807, 2.05) is 25.2 Å². The fourth-order valence-corrected chi connectivity index (χ4v) is 1.99. The summed E-state index contributed by atoms with van der Waals surface area (Å²) in [6.07, 6.45) is 0.594. The maximum Gasteiger partial charge on any atom is 0.131 e. The zero-order valence-electron chi connectivity index (χ0n) is 11.5. The number of ketones is 1. The molecule has 0 fully saturated rings. The fourth-order valence-electron chi connectivity index (χ4n) is 1.99. The summed E-state index contributed by atoms with van der Waals surface area (Å²) in [5.41, 5.74) is 3.57. The van der Waals surface area contributed by atoms with Gasteiger partial charge in [-0.05, 0) is 30.2 Å². The van der Waals surface area contributed by atoms with Gasteiger partial charge in [0, 0.05) is 25.7 Å². The van der Waals surface area contributed by atoms with Crippen molar-refractivity contribution in [2.75, 3.05) is 18.5 Å². The molecule has 0 radical (unpaired) electrons. The number of benzene rings is 2. The number of hydrogen-bond acceptors (Lipinski definition) is 2. The monoisotopic (exact) mass is 253 g/mol. The van der Waals surface area contributed by atoms with E-state index in [0.717, 1.165) is 12.2 Å². The second-order valence-electron chi connectivity index (χ2n) is 4.79. The van der Waals surface area contributed by atoms with Crippen LogP contribution in [0, 0.1) is 0 Å². The molecule has 2 aromatic carbocycles. The molecule has 0 aliphatic carbocycles. The highest BCUT2D eigenvalue weighted by Crippen LogP contribution is 2.22. The largest absolute Gasteiger partial charge is 0.374 e. The number of nitrogens with zero attached hydrogens (tertiary/aromatic N) is 1. The van der Waals surface area contributed by atoms with Crippen LogP contribution in [0.15, 0.2) is 54.6 Å². The highest BCUT2D eigenvalue weighted by molar-refractivity contribution is 5.76. The second-order valence-corrected chi connectivity index (χ2v) is 4.79. The predicted octanol–water partition coefficient (Wildman–Crippen LogP) is 3.77. The Morgan fingerprint density at radius 1 is 0.947 bits per heavy atom. The maximum absolute atomic E-state index is 11.0. The van der Waals surface area contributed by atoms with Crippen LogP contribution in [-0.2, 0) is 4.79 Å². The summed E-state index contributed by atoms with van der Waals surface area (Å²) in [7, 11) is 2.01. The van der Waals surface area contributed by atoms with E-state index in [9.17, 15) is 4.79 Å². The Morgan fingerprint density at radius 3 is 2.11 bits per heavy atom. The molecule has 2 aromatic rings. The number of rotatable bonds is 5. The lowest BCUT2D eigenvalue weighted by Crippen LogP contribution is -2.20. The summed E-state index contributed by atoms with van der Waals surface area (Å²) in [5.74, 6) is 0.229. The molecule has 0 N–H and O–H groups in total. The SMILES string of the molecule is CC(=O)CCN(C)c1ccc(-c2ccccc2)cc1. The molecule has 0 saturated carbocycles.